The number of aryl methyl sites for hydroxylation is 1. The second-order valence-corrected chi connectivity index (χ2v) is 6.30. The molecule has 2 unspecified atom stereocenters. The first-order chi connectivity index (χ1) is 10.2. The van der Waals surface area contributed by atoms with Gasteiger partial charge in [0.25, 0.3) is 0 Å². The molecule has 3 heteroatoms. The highest BCUT2D eigenvalue weighted by molar-refractivity contribution is 5.10. The molecule has 118 valence electrons. The van der Waals surface area contributed by atoms with Crippen LogP contribution in [0.2, 0.25) is 0 Å². The van der Waals surface area contributed by atoms with E-state index < -0.39 is 0 Å². The van der Waals surface area contributed by atoms with E-state index in [0.717, 1.165) is 25.3 Å². The highest BCUT2D eigenvalue weighted by atomic mass is 15.2. The lowest BCUT2D eigenvalue weighted by atomic mass is 9.89. The zero-order valence-electron chi connectivity index (χ0n) is 13.9. The molecule has 0 aromatic carbocycles. The predicted octanol–water partition coefficient (Wildman–Crippen LogP) is 3.52. The van der Waals surface area contributed by atoms with Gasteiger partial charge in [0, 0.05) is 24.3 Å². The van der Waals surface area contributed by atoms with E-state index in [1.165, 1.54) is 37.8 Å². The van der Waals surface area contributed by atoms with Gasteiger partial charge in [-0.15, -0.1) is 0 Å². The Labute approximate surface area is 130 Å². The van der Waals surface area contributed by atoms with E-state index in [-0.39, 0.29) is 0 Å². The maximum absolute atomic E-state index is 4.67. The molecular weight excluding hydrogens is 258 g/mol. The maximum atomic E-state index is 4.67. The third-order valence-corrected chi connectivity index (χ3v) is 4.56. The van der Waals surface area contributed by atoms with Crippen molar-refractivity contribution in [3.05, 3.63) is 29.6 Å². The minimum absolute atomic E-state index is 0.709. The number of hydrogen-bond donors (Lipinski definition) is 1. The summed E-state index contributed by atoms with van der Waals surface area (Å²) in [5.41, 5.74) is 2.33. The molecule has 1 N–H and O–H groups in total. The van der Waals surface area contributed by atoms with Crippen molar-refractivity contribution >= 4 is 0 Å². The van der Waals surface area contributed by atoms with Gasteiger partial charge in [-0.1, -0.05) is 26.3 Å². The van der Waals surface area contributed by atoms with Gasteiger partial charge in [-0.25, -0.2) is 0 Å². The molecule has 1 saturated carbocycles. The summed E-state index contributed by atoms with van der Waals surface area (Å²) < 4.78 is 0. The van der Waals surface area contributed by atoms with Crippen molar-refractivity contribution < 1.29 is 0 Å². The molecule has 0 aliphatic heterocycles. The topological polar surface area (TPSA) is 28.2 Å². The lowest BCUT2D eigenvalue weighted by Crippen LogP contribution is -2.44. The van der Waals surface area contributed by atoms with Crippen LogP contribution in [0.5, 0.6) is 0 Å². The first-order valence-electron chi connectivity index (χ1n) is 8.62. The van der Waals surface area contributed by atoms with Crippen LogP contribution in [0, 0.1) is 6.92 Å². The number of hydrogen-bond acceptors (Lipinski definition) is 3. The average molecular weight is 289 g/mol. The number of nitrogens with zero attached hydrogens (tertiary/aromatic N) is 2. The molecule has 1 aromatic rings. The van der Waals surface area contributed by atoms with Crippen LogP contribution in [0.3, 0.4) is 0 Å². The van der Waals surface area contributed by atoms with Gasteiger partial charge in [-0.05, 0) is 57.8 Å². The monoisotopic (exact) mass is 289 g/mol. The highest BCUT2D eigenvalue weighted by Gasteiger charge is 2.25. The summed E-state index contributed by atoms with van der Waals surface area (Å²) in [6.45, 7) is 9.85. The van der Waals surface area contributed by atoms with E-state index in [1.54, 1.807) is 0 Å². The Morgan fingerprint density at radius 3 is 2.86 bits per heavy atom. The van der Waals surface area contributed by atoms with Crippen LogP contribution in [0.15, 0.2) is 18.2 Å². The fourth-order valence-electron chi connectivity index (χ4n) is 3.42. The van der Waals surface area contributed by atoms with Crippen LogP contribution in [0.25, 0.3) is 0 Å². The van der Waals surface area contributed by atoms with Crippen molar-refractivity contribution in [1.82, 2.24) is 15.2 Å². The Kier molecular flexibility index (Phi) is 6.65. The van der Waals surface area contributed by atoms with Gasteiger partial charge < -0.3 is 5.32 Å². The molecule has 0 amide bonds. The van der Waals surface area contributed by atoms with Gasteiger partial charge in [-0.3, -0.25) is 9.88 Å². The molecule has 0 saturated heterocycles. The molecule has 2 rings (SSSR count). The summed E-state index contributed by atoms with van der Waals surface area (Å²) in [6, 6.07) is 7.78. The van der Waals surface area contributed by atoms with E-state index in [9.17, 15) is 0 Å². The van der Waals surface area contributed by atoms with Gasteiger partial charge in [0.05, 0.1) is 5.69 Å². The van der Waals surface area contributed by atoms with Crippen LogP contribution in [-0.4, -0.2) is 35.1 Å². The van der Waals surface area contributed by atoms with Crippen LogP contribution < -0.4 is 5.32 Å². The van der Waals surface area contributed by atoms with Gasteiger partial charge in [-0.2, -0.15) is 0 Å². The van der Waals surface area contributed by atoms with Gasteiger partial charge in [0.15, 0.2) is 0 Å². The minimum Gasteiger partial charge on any atom is -0.314 e. The zero-order valence-corrected chi connectivity index (χ0v) is 13.9. The molecule has 1 heterocycles. The molecule has 2 atom stereocenters. The summed E-state index contributed by atoms with van der Waals surface area (Å²) in [7, 11) is 0. The van der Waals surface area contributed by atoms with Crippen molar-refractivity contribution in [1.29, 1.82) is 0 Å². The van der Waals surface area contributed by atoms with Crippen molar-refractivity contribution in [3.63, 3.8) is 0 Å². The van der Waals surface area contributed by atoms with Crippen molar-refractivity contribution in [2.24, 2.45) is 0 Å². The van der Waals surface area contributed by atoms with Gasteiger partial charge in [0.1, 0.15) is 0 Å². The van der Waals surface area contributed by atoms with Crippen molar-refractivity contribution in [3.8, 4) is 0 Å². The predicted molar refractivity (Wildman–Crippen MR) is 89.4 cm³/mol. The standard InChI is InChI=1S/C18H31N3/c1-4-12-19-16-9-7-11-18(13-16)21(5-2)14-17-10-6-8-15(3)20-17/h6,8,10,16,18-19H,4-5,7,9,11-14H2,1-3H3. The Morgan fingerprint density at radius 1 is 1.29 bits per heavy atom. The first kappa shape index (κ1) is 16.4. The molecule has 1 fully saturated rings. The normalized spacial score (nSPS) is 22.7. The molecule has 1 aliphatic carbocycles. The molecule has 1 aliphatic rings. The van der Waals surface area contributed by atoms with E-state index in [0.29, 0.717) is 12.1 Å². The largest absolute Gasteiger partial charge is 0.314 e. The van der Waals surface area contributed by atoms with Crippen molar-refractivity contribution in [2.75, 3.05) is 13.1 Å². The number of pyridine rings is 1. The van der Waals surface area contributed by atoms with Crippen LogP contribution in [0.4, 0.5) is 0 Å². The Hall–Kier alpha value is -0.930. The Morgan fingerprint density at radius 2 is 2.14 bits per heavy atom. The molecule has 3 nitrogen and oxygen atoms in total. The fraction of sp³-hybridized carbons (Fsp3) is 0.722. The van der Waals surface area contributed by atoms with Gasteiger partial charge >= 0.3 is 0 Å². The zero-order chi connectivity index (χ0) is 15.1. The van der Waals surface area contributed by atoms with Crippen LogP contribution in [-0.2, 0) is 6.54 Å². The summed E-state index contributed by atoms with van der Waals surface area (Å²) in [5.74, 6) is 0. The minimum atomic E-state index is 0.709. The second-order valence-electron chi connectivity index (χ2n) is 6.30. The molecular formula is C18H31N3. The average Bonchev–Trinajstić information content (AvgIpc) is 2.51. The third kappa shape index (κ3) is 5.08. The van der Waals surface area contributed by atoms with Gasteiger partial charge in [0.2, 0.25) is 0 Å². The number of rotatable bonds is 7. The molecule has 21 heavy (non-hydrogen) atoms. The third-order valence-electron chi connectivity index (χ3n) is 4.56. The van der Waals surface area contributed by atoms with Crippen LogP contribution >= 0.6 is 0 Å². The van der Waals surface area contributed by atoms with Crippen molar-refractivity contribution in [2.45, 2.75) is 71.5 Å². The number of nitrogens with one attached hydrogen (secondary N) is 1. The lowest BCUT2D eigenvalue weighted by molar-refractivity contribution is 0.137. The van der Waals surface area contributed by atoms with E-state index in [4.69, 9.17) is 0 Å². The number of aromatic nitrogens is 1. The van der Waals surface area contributed by atoms with E-state index in [2.05, 4.69) is 54.2 Å². The molecule has 0 spiro atoms. The first-order valence-corrected chi connectivity index (χ1v) is 8.62. The molecule has 0 bridgehead atoms. The fourth-order valence-corrected chi connectivity index (χ4v) is 3.42. The quantitative estimate of drug-likeness (QED) is 0.832. The Bertz CT molecular complexity index is 419. The Balaban J connectivity index is 1.93. The van der Waals surface area contributed by atoms with Crippen LogP contribution in [0.1, 0.15) is 57.3 Å². The summed E-state index contributed by atoms with van der Waals surface area (Å²) in [4.78, 5) is 7.28. The van der Waals surface area contributed by atoms with E-state index >= 15 is 0 Å². The smallest absolute Gasteiger partial charge is 0.0547 e. The summed E-state index contributed by atoms with van der Waals surface area (Å²) in [5, 5.41) is 3.71. The lowest BCUT2D eigenvalue weighted by Gasteiger charge is -2.37. The highest BCUT2D eigenvalue weighted by Crippen LogP contribution is 2.24. The molecule has 1 aromatic heterocycles. The summed E-state index contributed by atoms with van der Waals surface area (Å²) in [6.07, 6.45) is 6.55. The molecule has 0 radical (unpaired) electrons. The maximum Gasteiger partial charge on any atom is 0.0547 e. The summed E-state index contributed by atoms with van der Waals surface area (Å²) >= 11 is 0. The SMILES string of the molecule is CCCNC1CCCC(N(CC)Cc2cccc(C)n2)C1. The second kappa shape index (κ2) is 8.50. The van der Waals surface area contributed by atoms with E-state index in [1.807, 2.05) is 0 Å².